The minimum absolute atomic E-state index is 0.113. The van der Waals surface area contributed by atoms with Crippen LogP contribution in [0.3, 0.4) is 0 Å². The standard InChI is InChI=1S/C21H15FN4O3/c1-12-11-13(2)26-21(23-12)24-19(25-26)20(28)29-17-9-5-15(6-10-17)18(27)14-3-7-16(22)8-4-14/h3-11H,1-2H3. The van der Waals surface area contributed by atoms with Crippen LogP contribution in [0, 0.1) is 19.7 Å². The van der Waals surface area contributed by atoms with Gasteiger partial charge in [-0.25, -0.2) is 18.7 Å². The summed E-state index contributed by atoms with van der Waals surface area (Å²) in [6.07, 6.45) is 0. The fraction of sp³-hybridized carbons (Fsp3) is 0.0952. The number of benzene rings is 2. The van der Waals surface area contributed by atoms with Gasteiger partial charge in [0.25, 0.3) is 11.6 Å². The second-order valence-electron chi connectivity index (χ2n) is 6.44. The summed E-state index contributed by atoms with van der Waals surface area (Å²) < 4.78 is 19.8. The molecule has 0 radical (unpaired) electrons. The Morgan fingerprint density at radius 1 is 0.931 bits per heavy atom. The van der Waals surface area contributed by atoms with Gasteiger partial charge in [-0.15, -0.1) is 5.10 Å². The van der Waals surface area contributed by atoms with Crippen LogP contribution in [0.1, 0.15) is 37.9 Å². The zero-order valence-corrected chi connectivity index (χ0v) is 15.6. The summed E-state index contributed by atoms with van der Waals surface area (Å²) in [5.41, 5.74) is 2.31. The number of carbonyl (C=O) groups is 2. The molecule has 0 bridgehead atoms. The van der Waals surface area contributed by atoms with Crippen molar-refractivity contribution in [2.45, 2.75) is 13.8 Å². The lowest BCUT2D eigenvalue weighted by atomic mass is 10.0. The molecule has 2 heterocycles. The number of esters is 1. The van der Waals surface area contributed by atoms with Crippen LogP contribution in [0.25, 0.3) is 5.78 Å². The summed E-state index contributed by atoms with van der Waals surface area (Å²) in [5, 5.41) is 4.13. The highest BCUT2D eigenvalue weighted by molar-refractivity contribution is 6.09. The molecular weight excluding hydrogens is 375 g/mol. The van der Waals surface area contributed by atoms with Gasteiger partial charge in [0.2, 0.25) is 0 Å². The molecule has 0 aliphatic heterocycles. The Kier molecular flexibility index (Phi) is 4.59. The molecule has 0 amide bonds. The maximum Gasteiger partial charge on any atom is 0.383 e. The average molecular weight is 390 g/mol. The highest BCUT2D eigenvalue weighted by Crippen LogP contribution is 2.17. The molecule has 0 saturated heterocycles. The third kappa shape index (κ3) is 3.73. The quantitative estimate of drug-likeness (QED) is 0.302. The molecule has 2 aromatic heterocycles. The van der Waals surface area contributed by atoms with E-state index in [1.54, 1.807) is 0 Å². The van der Waals surface area contributed by atoms with Crippen LogP contribution >= 0.6 is 0 Å². The van der Waals surface area contributed by atoms with Gasteiger partial charge in [-0.05, 0) is 68.4 Å². The highest BCUT2D eigenvalue weighted by atomic mass is 19.1. The van der Waals surface area contributed by atoms with E-state index in [-0.39, 0.29) is 17.4 Å². The molecular formula is C21H15FN4O3. The predicted molar refractivity (Wildman–Crippen MR) is 101 cm³/mol. The Labute approximate surface area is 164 Å². The van der Waals surface area contributed by atoms with Crippen molar-refractivity contribution in [3.63, 3.8) is 0 Å². The zero-order valence-electron chi connectivity index (χ0n) is 15.6. The molecule has 8 heteroatoms. The second kappa shape index (κ2) is 7.23. The van der Waals surface area contributed by atoms with Crippen LogP contribution in [0.5, 0.6) is 5.75 Å². The van der Waals surface area contributed by atoms with E-state index < -0.39 is 11.8 Å². The summed E-state index contributed by atoms with van der Waals surface area (Å²) in [4.78, 5) is 33.1. The first-order chi connectivity index (χ1) is 13.9. The largest absolute Gasteiger partial charge is 0.421 e. The third-order valence-electron chi connectivity index (χ3n) is 4.23. The van der Waals surface area contributed by atoms with Crippen LogP contribution in [0.2, 0.25) is 0 Å². The lowest BCUT2D eigenvalue weighted by molar-refractivity contribution is 0.0722. The van der Waals surface area contributed by atoms with Crippen LogP contribution in [-0.4, -0.2) is 31.3 Å². The Bertz CT molecular complexity index is 1230. The summed E-state index contributed by atoms with van der Waals surface area (Å²) in [6.45, 7) is 3.66. The Hall–Kier alpha value is -3.94. The van der Waals surface area contributed by atoms with Gasteiger partial charge in [0.15, 0.2) is 5.78 Å². The molecule has 4 aromatic rings. The first-order valence-corrected chi connectivity index (χ1v) is 8.74. The SMILES string of the molecule is Cc1cc(C)n2nc(C(=O)Oc3ccc(C(=O)c4ccc(F)cc4)cc3)nc2n1. The number of nitrogens with zero attached hydrogens (tertiary/aromatic N) is 4. The number of aromatic nitrogens is 4. The average Bonchev–Trinajstić information content (AvgIpc) is 3.13. The van der Waals surface area contributed by atoms with Crippen molar-refractivity contribution in [3.8, 4) is 5.75 Å². The van der Waals surface area contributed by atoms with E-state index in [9.17, 15) is 14.0 Å². The smallest absolute Gasteiger partial charge is 0.383 e. The van der Waals surface area contributed by atoms with Crippen molar-refractivity contribution in [3.05, 3.63) is 88.8 Å². The fourth-order valence-corrected chi connectivity index (χ4v) is 2.85. The van der Waals surface area contributed by atoms with E-state index in [2.05, 4.69) is 15.1 Å². The van der Waals surface area contributed by atoms with Crippen molar-refractivity contribution in [2.75, 3.05) is 0 Å². The van der Waals surface area contributed by atoms with E-state index in [1.807, 2.05) is 19.9 Å². The lowest BCUT2D eigenvalue weighted by Gasteiger charge is -2.04. The number of hydrogen-bond acceptors (Lipinski definition) is 6. The number of aryl methyl sites for hydroxylation is 2. The monoisotopic (exact) mass is 390 g/mol. The second-order valence-corrected chi connectivity index (χ2v) is 6.44. The molecule has 29 heavy (non-hydrogen) atoms. The lowest BCUT2D eigenvalue weighted by Crippen LogP contribution is -2.11. The number of halogens is 1. The summed E-state index contributed by atoms with van der Waals surface area (Å²) in [5.74, 6) is -0.963. The van der Waals surface area contributed by atoms with Gasteiger partial charge in [0.05, 0.1) is 0 Å². The third-order valence-corrected chi connectivity index (χ3v) is 4.23. The fourth-order valence-electron chi connectivity index (χ4n) is 2.85. The number of ketones is 1. The van der Waals surface area contributed by atoms with Gasteiger partial charge >= 0.3 is 5.97 Å². The first kappa shape index (κ1) is 18.4. The van der Waals surface area contributed by atoms with Crippen LogP contribution < -0.4 is 4.74 Å². The van der Waals surface area contributed by atoms with Gasteiger partial charge in [0.1, 0.15) is 11.6 Å². The summed E-state index contributed by atoms with van der Waals surface area (Å²) in [6, 6.07) is 13.2. The number of ether oxygens (including phenoxy) is 1. The van der Waals surface area contributed by atoms with E-state index >= 15 is 0 Å². The predicted octanol–water partition coefficient (Wildman–Crippen LogP) is 3.33. The minimum Gasteiger partial charge on any atom is -0.421 e. The van der Waals surface area contributed by atoms with E-state index in [4.69, 9.17) is 4.74 Å². The van der Waals surface area contributed by atoms with Crippen LogP contribution in [-0.2, 0) is 0 Å². The van der Waals surface area contributed by atoms with Crippen LogP contribution in [0.4, 0.5) is 4.39 Å². The molecule has 0 saturated carbocycles. The molecule has 0 aliphatic carbocycles. The van der Waals surface area contributed by atoms with Gasteiger partial charge in [-0.1, -0.05) is 0 Å². The van der Waals surface area contributed by atoms with Crippen molar-refractivity contribution in [2.24, 2.45) is 0 Å². The molecule has 7 nitrogen and oxygen atoms in total. The van der Waals surface area contributed by atoms with Gasteiger partial charge < -0.3 is 4.74 Å². The molecule has 2 aromatic carbocycles. The molecule has 0 unspecified atom stereocenters. The van der Waals surface area contributed by atoms with Crippen molar-refractivity contribution >= 4 is 17.5 Å². The van der Waals surface area contributed by atoms with E-state index in [1.165, 1.54) is 53.0 Å². The van der Waals surface area contributed by atoms with Gasteiger partial charge in [-0.3, -0.25) is 4.79 Å². The minimum atomic E-state index is -0.731. The molecule has 0 aliphatic rings. The molecule has 144 valence electrons. The van der Waals surface area contributed by atoms with Crippen molar-refractivity contribution < 1.29 is 18.7 Å². The molecule has 0 fully saturated rings. The molecule has 0 spiro atoms. The number of rotatable bonds is 4. The summed E-state index contributed by atoms with van der Waals surface area (Å²) in [7, 11) is 0. The zero-order chi connectivity index (χ0) is 20.5. The molecule has 4 rings (SSSR count). The topological polar surface area (TPSA) is 86.5 Å². The highest BCUT2D eigenvalue weighted by Gasteiger charge is 2.18. The summed E-state index contributed by atoms with van der Waals surface area (Å²) >= 11 is 0. The van der Waals surface area contributed by atoms with Crippen molar-refractivity contribution in [1.29, 1.82) is 0 Å². The maximum absolute atomic E-state index is 13.0. The number of hydrogen-bond donors (Lipinski definition) is 0. The maximum atomic E-state index is 13.0. The van der Waals surface area contributed by atoms with Crippen molar-refractivity contribution in [1.82, 2.24) is 19.6 Å². The van der Waals surface area contributed by atoms with E-state index in [0.717, 1.165) is 11.4 Å². The Morgan fingerprint density at radius 2 is 1.55 bits per heavy atom. The molecule has 0 N–H and O–H groups in total. The first-order valence-electron chi connectivity index (χ1n) is 8.74. The van der Waals surface area contributed by atoms with E-state index in [0.29, 0.717) is 16.9 Å². The van der Waals surface area contributed by atoms with Gasteiger partial charge in [-0.2, -0.15) is 4.98 Å². The molecule has 0 atom stereocenters. The Balaban J connectivity index is 1.51. The van der Waals surface area contributed by atoms with Gasteiger partial charge in [0, 0.05) is 22.5 Å². The number of fused-ring (bicyclic) bond motifs is 1. The van der Waals surface area contributed by atoms with Crippen LogP contribution in [0.15, 0.2) is 54.6 Å². The number of carbonyl (C=O) groups excluding carboxylic acids is 2. The normalized spacial score (nSPS) is 10.9. The Morgan fingerprint density at radius 3 is 2.21 bits per heavy atom.